The van der Waals surface area contributed by atoms with E-state index in [1.807, 2.05) is 0 Å². The standard InChI is InChI=1S/C24H32FN3O/c1-3-28(4-2)21-15-9-18(10-16-21)17-26-22-7-5-6-8-23(22)27-24(29)19-11-13-20(25)14-12-19/h9-16,22-23,26H,3-8,17H2,1-2H3,(H,27,29)/t22-,23+/m0/s1. The Balaban J connectivity index is 1.57. The van der Waals surface area contributed by atoms with E-state index < -0.39 is 0 Å². The van der Waals surface area contributed by atoms with Crippen LogP contribution in [-0.2, 0) is 6.54 Å². The molecule has 0 unspecified atom stereocenters. The fourth-order valence-electron chi connectivity index (χ4n) is 4.06. The zero-order valence-electron chi connectivity index (χ0n) is 17.5. The van der Waals surface area contributed by atoms with Crippen LogP contribution >= 0.6 is 0 Å². The Kier molecular flexibility index (Phi) is 7.64. The topological polar surface area (TPSA) is 44.4 Å². The maximum absolute atomic E-state index is 13.1. The summed E-state index contributed by atoms with van der Waals surface area (Å²) in [5.41, 5.74) is 3.00. The number of amides is 1. The van der Waals surface area contributed by atoms with Gasteiger partial charge >= 0.3 is 0 Å². The molecule has 2 aromatic rings. The summed E-state index contributed by atoms with van der Waals surface area (Å²) >= 11 is 0. The van der Waals surface area contributed by atoms with Crippen LogP contribution in [0.5, 0.6) is 0 Å². The fourth-order valence-corrected chi connectivity index (χ4v) is 4.06. The summed E-state index contributed by atoms with van der Waals surface area (Å²) in [6.45, 7) is 7.13. The summed E-state index contributed by atoms with van der Waals surface area (Å²) in [4.78, 5) is 14.9. The molecule has 2 aromatic carbocycles. The molecular formula is C24H32FN3O. The van der Waals surface area contributed by atoms with Crippen molar-refractivity contribution < 1.29 is 9.18 Å². The number of benzene rings is 2. The predicted molar refractivity (Wildman–Crippen MR) is 117 cm³/mol. The van der Waals surface area contributed by atoms with E-state index in [-0.39, 0.29) is 23.8 Å². The van der Waals surface area contributed by atoms with Gasteiger partial charge in [-0.2, -0.15) is 0 Å². The third-order valence-electron chi connectivity index (χ3n) is 5.82. The molecule has 2 N–H and O–H groups in total. The number of hydrogen-bond donors (Lipinski definition) is 2. The van der Waals surface area contributed by atoms with Gasteiger partial charge in [0.2, 0.25) is 0 Å². The van der Waals surface area contributed by atoms with E-state index in [0.717, 1.165) is 38.9 Å². The third-order valence-corrected chi connectivity index (χ3v) is 5.82. The van der Waals surface area contributed by atoms with Gasteiger partial charge < -0.3 is 15.5 Å². The molecule has 0 bridgehead atoms. The average molecular weight is 398 g/mol. The van der Waals surface area contributed by atoms with Crippen molar-refractivity contribution >= 4 is 11.6 Å². The number of nitrogens with zero attached hydrogens (tertiary/aromatic N) is 1. The molecule has 1 aliphatic rings. The first-order valence-electron chi connectivity index (χ1n) is 10.7. The maximum Gasteiger partial charge on any atom is 0.251 e. The Morgan fingerprint density at radius 2 is 1.59 bits per heavy atom. The number of nitrogens with one attached hydrogen (secondary N) is 2. The average Bonchev–Trinajstić information content (AvgIpc) is 2.75. The lowest BCUT2D eigenvalue weighted by Gasteiger charge is -2.33. The van der Waals surface area contributed by atoms with Gasteiger partial charge in [-0.15, -0.1) is 0 Å². The van der Waals surface area contributed by atoms with Gasteiger partial charge in [0.25, 0.3) is 5.91 Å². The summed E-state index contributed by atoms with van der Waals surface area (Å²) < 4.78 is 13.1. The van der Waals surface area contributed by atoms with E-state index in [0.29, 0.717) is 5.56 Å². The second-order valence-electron chi connectivity index (χ2n) is 7.70. The second kappa shape index (κ2) is 10.4. The van der Waals surface area contributed by atoms with Crippen molar-refractivity contribution in [3.05, 3.63) is 65.5 Å². The van der Waals surface area contributed by atoms with Gasteiger partial charge in [0.05, 0.1) is 0 Å². The van der Waals surface area contributed by atoms with Crippen molar-refractivity contribution in [2.75, 3.05) is 18.0 Å². The smallest absolute Gasteiger partial charge is 0.251 e. The third kappa shape index (κ3) is 5.80. The maximum atomic E-state index is 13.1. The highest BCUT2D eigenvalue weighted by Gasteiger charge is 2.26. The summed E-state index contributed by atoms with van der Waals surface area (Å²) in [5, 5.41) is 6.79. The number of carbonyl (C=O) groups is 1. The Labute approximate surface area is 173 Å². The molecule has 1 amide bonds. The van der Waals surface area contributed by atoms with Crippen LogP contribution in [0.3, 0.4) is 0 Å². The molecule has 2 atom stereocenters. The molecule has 1 fully saturated rings. The molecule has 156 valence electrons. The van der Waals surface area contributed by atoms with Crippen LogP contribution < -0.4 is 15.5 Å². The normalized spacial score (nSPS) is 19.0. The lowest BCUT2D eigenvalue weighted by Crippen LogP contribution is -2.51. The highest BCUT2D eigenvalue weighted by atomic mass is 19.1. The number of rotatable bonds is 8. The van der Waals surface area contributed by atoms with Gasteiger partial charge in [0, 0.05) is 43.0 Å². The van der Waals surface area contributed by atoms with Gasteiger partial charge in [-0.1, -0.05) is 25.0 Å². The Morgan fingerprint density at radius 1 is 0.966 bits per heavy atom. The quantitative estimate of drug-likeness (QED) is 0.689. The zero-order valence-corrected chi connectivity index (χ0v) is 17.5. The summed E-state index contributed by atoms with van der Waals surface area (Å²) in [6, 6.07) is 14.8. The Hall–Kier alpha value is -2.40. The first-order chi connectivity index (χ1) is 14.1. The van der Waals surface area contributed by atoms with E-state index in [2.05, 4.69) is 53.6 Å². The molecule has 4 nitrogen and oxygen atoms in total. The van der Waals surface area contributed by atoms with Crippen molar-refractivity contribution in [2.45, 2.75) is 58.2 Å². The van der Waals surface area contributed by atoms with Crippen molar-refractivity contribution in [3.8, 4) is 0 Å². The lowest BCUT2D eigenvalue weighted by molar-refractivity contribution is 0.0915. The van der Waals surface area contributed by atoms with Crippen molar-refractivity contribution in [1.29, 1.82) is 0 Å². The molecule has 0 saturated heterocycles. The highest BCUT2D eigenvalue weighted by Crippen LogP contribution is 2.20. The van der Waals surface area contributed by atoms with Gasteiger partial charge in [-0.25, -0.2) is 4.39 Å². The van der Waals surface area contributed by atoms with Crippen LogP contribution in [-0.4, -0.2) is 31.1 Å². The molecule has 3 rings (SSSR count). The molecule has 0 aliphatic heterocycles. The van der Waals surface area contributed by atoms with Crippen molar-refractivity contribution in [3.63, 3.8) is 0 Å². The number of carbonyl (C=O) groups excluding carboxylic acids is 1. The molecular weight excluding hydrogens is 365 g/mol. The zero-order chi connectivity index (χ0) is 20.6. The van der Waals surface area contributed by atoms with E-state index in [4.69, 9.17) is 0 Å². The fraction of sp³-hybridized carbons (Fsp3) is 0.458. The van der Waals surface area contributed by atoms with Crippen LogP contribution in [0, 0.1) is 5.82 Å². The summed E-state index contributed by atoms with van der Waals surface area (Å²) in [6.07, 6.45) is 4.30. The first-order valence-corrected chi connectivity index (χ1v) is 10.7. The molecule has 0 heterocycles. The van der Waals surface area contributed by atoms with Gasteiger partial charge in [-0.05, 0) is 68.7 Å². The number of halogens is 1. The van der Waals surface area contributed by atoms with E-state index in [1.165, 1.54) is 41.9 Å². The van der Waals surface area contributed by atoms with Crippen LogP contribution in [0.1, 0.15) is 55.5 Å². The minimum absolute atomic E-state index is 0.0938. The monoisotopic (exact) mass is 397 g/mol. The SMILES string of the molecule is CCN(CC)c1ccc(CN[C@H]2CCCC[C@H]2NC(=O)c2ccc(F)cc2)cc1. The first kappa shape index (κ1) is 21.3. The van der Waals surface area contributed by atoms with Gasteiger partial charge in [0.15, 0.2) is 0 Å². The summed E-state index contributed by atoms with van der Waals surface area (Å²) in [5.74, 6) is -0.460. The van der Waals surface area contributed by atoms with Gasteiger partial charge in [-0.3, -0.25) is 4.79 Å². The van der Waals surface area contributed by atoms with Crippen LogP contribution in [0.15, 0.2) is 48.5 Å². The molecule has 1 saturated carbocycles. The predicted octanol–water partition coefficient (Wildman–Crippen LogP) is 4.50. The largest absolute Gasteiger partial charge is 0.372 e. The molecule has 29 heavy (non-hydrogen) atoms. The van der Waals surface area contributed by atoms with E-state index in [1.54, 1.807) is 0 Å². The number of hydrogen-bond acceptors (Lipinski definition) is 3. The molecule has 0 spiro atoms. The molecule has 0 aromatic heterocycles. The van der Waals surface area contributed by atoms with E-state index in [9.17, 15) is 9.18 Å². The summed E-state index contributed by atoms with van der Waals surface area (Å²) in [7, 11) is 0. The second-order valence-corrected chi connectivity index (χ2v) is 7.70. The number of anilines is 1. The van der Waals surface area contributed by atoms with Crippen LogP contribution in [0.2, 0.25) is 0 Å². The van der Waals surface area contributed by atoms with Crippen LogP contribution in [0.25, 0.3) is 0 Å². The molecule has 1 aliphatic carbocycles. The highest BCUT2D eigenvalue weighted by molar-refractivity contribution is 5.94. The Bertz CT molecular complexity index is 772. The Morgan fingerprint density at radius 3 is 2.21 bits per heavy atom. The van der Waals surface area contributed by atoms with Gasteiger partial charge in [0.1, 0.15) is 5.82 Å². The van der Waals surface area contributed by atoms with Crippen molar-refractivity contribution in [2.24, 2.45) is 0 Å². The minimum Gasteiger partial charge on any atom is -0.372 e. The minimum atomic E-state index is -0.328. The van der Waals surface area contributed by atoms with E-state index >= 15 is 0 Å². The van der Waals surface area contributed by atoms with Crippen molar-refractivity contribution in [1.82, 2.24) is 10.6 Å². The van der Waals surface area contributed by atoms with Crippen LogP contribution in [0.4, 0.5) is 10.1 Å². The lowest BCUT2D eigenvalue weighted by atomic mass is 9.90. The molecule has 5 heteroatoms. The molecule has 0 radical (unpaired) electrons.